The number of ether oxygens (including phenoxy) is 1. The van der Waals surface area contributed by atoms with Gasteiger partial charge in [0.15, 0.2) is 0 Å². The smallest absolute Gasteiger partial charge is 0.318 e. The number of hydrogen-bond acceptors (Lipinski definition) is 2. The highest BCUT2D eigenvalue weighted by molar-refractivity contribution is 5.86. The summed E-state index contributed by atoms with van der Waals surface area (Å²) in [7, 11) is 1.67. The summed E-state index contributed by atoms with van der Waals surface area (Å²) in [5.74, 6) is 0. The number of rotatable bonds is 4. The third-order valence-corrected chi connectivity index (χ3v) is 5.49. The number of fused-ring (bicyclic) bond motifs is 3. The number of aromatic nitrogens is 1. The average Bonchev–Trinajstić information content (AvgIpc) is 3.09. The Hall–Kier alpha value is -2.79. The van der Waals surface area contributed by atoms with Gasteiger partial charge < -0.3 is 19.9 Å². The van der Waals surface area contributed by atoms with Gasteiger partial charge in [0.1, 0.15) is 0 Å². The molecule has 0 saturated carbocycles. The molecule has 1 aliphatic rings. The van der Waals surface area contributed by atoms with Gasteiger partial charge in [0, 0.05) is 36.8 Å². The fraction of sp³-hybridized carbons (Fsp3) is 0.318. The fourth-order valence-electron chi connectivity index (χ4n) is 3.99. The zero-order chi connectivity index (χ0) is 18.8. The van der Waals surface area contributed by atoms with Gasteiger partial charge in [-0.25, -0.2) is 4.79 Å². The van der Waals surface area contributed by atoms with Crippen LogP contribution in [0.5, 0.6) is 0 Å². The number of nitrogens with one attached hydrogen (secondary N) is 2. The molecule has 0 spiro atoms. The summed E-state index contributed by atoms with van der Waals surface area (Å²) in [4.78, 5) is 18.2. The first kappa shape index (κ1) is 17.6. The Labute approximate surface area is 159 Å². The van der Waals surface area contributed by atoms with Crippen LogP contribution in [0.4, 0.5) is 4.79 Å². The second-order valence-corrected chi connectivity index (χ2v) is 7.00. The van der Waals surface area contributed by atoms with Crippen molar-refractivity contribution in [1.29, 1.82) is 0 Å². The molecule has 0 aliphatic carbocycles. The van der Waals surface area contributed by atoms with E-state index in [4.69, 9.17) is 4.74 Å². The summed E-state index contributed by atoms with van der Waals surface area (Å²) in [6.45, 7) is 3.24. The normalized spacial score (nSPS) is 17.6. The Morgan fingerprint density at radius 3 is 2.74 bits per heavy atom. The molecule has 0 fully saturated rings. The van der Waals surface area contributed by atoms with E-state index in [0.29, 0.717) is 13.1 Å². The van der Waals surface area contributed by atoms with Crippen LogP contribution in [0.15, 0.2) is 54.6 Å². The molecule has 1 aliphatic heterocycles. The van der Waals surface area contributed by atoms with E-state index in [9.17, 15) is 4.79 Å². The third kappa shape index (κ3) is 3.30. The van der Waals surface area contributed by atoms with E-state index in [1.807, 2.05) is 41.3 Å². The largest absolute Gasteiger partial charge is 0.375 e. The van der Waals surface area contributed by atoms with Gasteiger partial charge in [-0.05, 0) is 30.5 Å². The molecule has 2 atom stereocenters. The van der Waals surface area contributed by atoms with E-state index >= 15 is 0 Å². The average molecular weight is 363 g/mol. The SMILES string of the molecule is COC(CNC(=O)N1CCc2c([nH]c3ccccc23)C1C)c1ccccc1. The van der Waals surface area contributed by atoms with Gasteiger partial charge in [0.05, 0.1) is 12.1 Å². The number of benzene rings is 2. The molecule has 4 rings (SSSR count). The molecule has 0 saturated heterocycles. The molecule has 0 bridgehead atoms. The number of carbonyl (C=O) groups excluding carboxylic acids is 1. The van der Waals surface area contributed by atoms with E-state index in [1.165, 1.54) is 10.9 Å². The van der Waals surface area contributed by atoms with Crippen LogP contribution in [0, 0.1) is 0 Å². The van der Waals surface area contributed by atoms with Gasteiger partial charge in [0.2, 0.25) is 0 Å². The van der Waals surface area contributed by atoms with Crippen LogP contribution >= 0.6 is 0 Å². The first-order chi connectivity index (χ1) is 13.2. The molecule has 2 unspecified atom stereocenters. The van der Waals surface area contributed by atoms with Crippen LogP contribution in [-0.2, 0) is 11.2 Å². The van der Waals surface area contributed by atoms with Crippen LogP contribution in [-0.4, -0.2) is 36.1 Å². The summed E-state index contributed by atoms with van der Waals surface area (Å²) in [5, 5.41) is 4.31. The maximum absolute atomic E-state index is 12.8. The molecule has 5 nitrogen and oxygen atoms in total. The molecular formula is C22H25N3O2. The van der Waals surface area contributed by atoms with Crippen LogP contribution in [0.3, 0.4) is 0 Å². The number of H-pyrrole nitrogens is 1. The Balaban J connectivity index is 1.46. The Morgan fingerprint density at radius 2 is 1.96 bits per heavy atom. The Kier molecular flexibility index (Phi) is 4.86. The van der Waals surface area contributed by atoms with Gasteiger partial charge in [-0.3, -0.25) is 0 Å². The maximum atomic E-state index is 12.8. The molecule has 1 aromatic heterocycles. The molecular weight excluding hydrogens is 338 g/mol. The predicted molar refractivity (Wildman–Crippen MR) is 107 cm³/mol. The first-order valence-corrected chi connectivity index (χ1v) is 9.40. The molecule has 2 N–H and O–H groups in total. The topological polar surface area (TPSA) is 57.4 Å². The number of aromatic amines is 1. The lowest BCUT2D eigenvalue weighted by Crippen LogP contribution is -2.45. The highest BCUT2D eigenvalue weighted by Crippen LogP contribution is 2.34. The van der Waals surface area contributed by atoms with Crippen LogP contribution < -0.4 is 5.32 Å². The number of carbonyl (C=O) groups is 1. The van der Waals surface area contributed by atoms with E-state index in [0.717, 1.165) is 23.2 Å². The molecule has 140 valence electrons. The van der Waals surface area contributed by atoms with Crippen molar-refractivity contribution in [3.05, 3.63) is 71.4 Å². The minimum absolute atomic E-state index is 0.0128. The molecule has 0 radical (unpaired) electrons. The zero-order valence-corrected chi connectivity index (χ0v) is 15.7. The van der Waals surface area contributed by atoms with Crippen molar-refractivity contribution in [3.8, 4) is 0 Å². The van der Waals surface area contributed by atoms with Crippen molar-refractivity contribution in [2.75, 3.05) is 20.2 Å². The van der Waals surface area contributed by atoms with Gasteiger partial charge in [-0.2, -0.15) is 0 Å². The van der Waals surface area contributed by atoms with Crippen molar-refractivity contribution in [2.45, 2.75) is 25.5 Å². The number of urea groups is 1. The maximum Gasteiger partial charge on any atom is 0.318 e. The molecule has 27 heavy (non-hydrogen) atoms. The minimum Gasteiger partial charge on any atom is -0.375 e. The highest BCUT2D eigenvalue weighted by atomic mass is 16.5. The van der Waals surface area contributed by atoms with Crippen LogP contribution in [0.2, 0.25) is 0 Å². The number of methoxy groups -OCH3 is 1. The van der Waals surface area contributed by atoms with Gasteiger partial charge in [-0.15, -0.1) is 0 Å². The van der Waals surface area contributed by atoms with E-state index in [1.54, 1.807) is 7.11 Å². The molecule has 3 aromatic rings. The number of amides is 2. The van der Waals surface area contributed by atoms with Gasteiger partial charge >= 0.3 is 6.03 Å². The minimum atomic E-state index is -0.154. The Bertz CT molecular complexity index is 935. The summed E-state index contributed by atoms with van der Waals surface area (Å²) in [6.07, 6.45) is 0.711. The standard InChI is InChI=1S/C22H25N3O2/c1-15-21-18(17-10-6-7-11-19(17)24-21)12-13-25(15)22(26)23-14-20(27-2)16-8-4-3-5-9-16/h3-11,15,20,24H,12-14H2,1-2H3,(H,23,26). The summed E-state index contributed by atoms with van der Waals surface area (Å²) < 4.78 is 5.56. The van der Waals surface area contributed by atoms with Crippen molar-refractivity contribution in [2.24, 2.45) is 0 Å². The quantitative estimate of drug-likeness (QED) is 0.730. The molecule has 2 aromatic carbocycles. The lowest BCUT2D eigenvalue weighted by molar-refractivity contribution is 0.0996. The fourth-order valence-corrected chi connectivity index (χ4v) is 3.99. The lowest BCUT2D eigenvalue weighted by Gasteiger charge is -2.34. The van der Waals surface area contributed by atoms with E-state index in [2.05, 4.69) is 35.4 Å². The van der Waals surface area contributed by atoms with Crippen molar-refractivity contribution in [3.63, 3.8) is 0 Å². The highest BCUT2D eigenvalue weighted by Gasteiger charge is 2.30. The Morgan fingerprint density at radius 1 is 1.22 bits per heavy atom. The monoisotopic (exact) mass is 363 g/mol. The summed E-state index contributed by atoms with van der Waals surface area (Å²) in [6, 6.07) is 18.3. The van der Waals surface area contributed by atoms with Gasteiger partial charge in [0.25, 0.3) is 0 Å². The van der Waals surface area contributed by atoms with E-state index in [-0.39, 0.29) is 18.2 Å². The summed E-state index contributed by atoms with van der Waals surface area (Å²) in [5.41, 5.74) is 4.68. The first-order valence-electron chi connectivity index (χ1n) is 9.40. The lowest BCUT2D eigenvalue weighted by atomic mass is 9.98. The van der Waals surface area contributed by atoms with Crippen LogP contribution in [0.1, 0.15) is 35.9 Å². The third-order valence-electron chi connectivity index (χ3n) is 5.49. The molecule has 2 heterocycles. The number of para-hydroxylation sites is 1. The van der Waals surface area contributed by atoms with Crippen molar-refractivity contribution >= 4 is 16.9 Å². The molecule has 2 amide bonds. The van der Waals surface area contributed by atoms with Crippen molar-refractivity contribution < 1.29 is 9.53 Å². The zero-order valence-electron chi connectivity index (χ0n) is 15.7. The second-order valence-electron chi connectivity index (χ2n) is 7.00. The number of nitrogens with zero attached hydrogens (tertiary/aromatic N) is 1. The van der Waals surface area contributed by atoms with Crippen molar-refractivity contribution in [1.82, 2.24) is 15.2 Å². The predicted octanol–water partition coefficient (Wildman–Crippen LogP) is 4.18. The van der Waals surface area contributed by atoms with Crippen LogP contribution in [0.25, 0.3) is 10.9 Å². The summed E-state index contributed by atoms with van der Waals surface area (Å²) >= 11 is 0. The van der Waals surface area contributed by atoms with E-state index < -0.39 is 0 Å². The van der Waals surface area contributed by atoms with Gasteiger partial charge in [-0.1, -0.05) is 48.5 Å². The number of hydrogen-bond donors (Lipinski definition) is 2. The molecule has 5 heteroatoms. The second kappa shape index (κ2) is 7.45.